The fourth-order valence-corrected chi connectivity index (χ4v) is 3.39. The van der Waals surface area contributed by atoms with Crippen LogP contribution in [0.1, 0.15) is 16.7 Å². The van der Waals surface area contributed by atoms with Crippen LogP contribution in [-0.2, 0) is 28.7 Å². The van der Waals surface area contributed by atoms with E-state index < -0.39 is 20.6 Å². The molecule has 2 aromatic carbocycles. The van der Waals surface area contributed by atoms with Crippen LogP contribution < -0.4 is 10.6 Å². The second-order valence-corrected chi connectivity index (χ2v) is 8.33. The van der Waals surface area contributed by atoms with Gasteiger partial charge in [-0.1, -0.05) is 18.2 Å². The lowest BCUT2D eigenvalue weighted by molar-refractivity contribution is -0.384. The first-order chi connectivity index (χ1) is 13.2. The van der Waals surface area contributed by atoms with E-state index in [1.807, 2.05) is 0 Å². The molecule has 0 aromatic heterocycles. The van der Waals surface area contributed by atoms with Crippen molar-refractivity contribution in [3.05, 3.63) is 75.1 Å². The minimum Gasteiger partial charge on any atom is -0.352 e. The molecule has 11 heteroatoms. The van der Waals surface area contributed by atoms with Gasteiger partial charge < -0.3 is 10.6 Å². The number of nitro groups is 1. The summed E-state index contributed by atoms with van der Waals surface area (Å²) in [6, 6.07) is 10.1. The number of non-ortho nitro benzene ring substituents is 1. The van der Waals surface area contributed by atoms with Crippen molar-refractivity contribution in [2.75, 3.05) is 13.3 Å². The minimum atomic E-state index is -3.27. The van der Waals surface area contributed by atoms with Crippen LogP contribution >= 0.6 is 24.0 Å². The van der Waals surface area contributed by atoms with E-state index in [9.17, 15) is 22.9 Å². The van der Waals surface area contributed by atoms with Crippen molar-refractivity contribution in [3.8, 4) is 0 Å². The normalized spacial score (nSPS) is 11.5. The van der Waals surface area contributed by atoms with E-state index in [1.165, 1.54) is 30.3 Å². The van der Waals surface area contributed by atoms with Crippen LogP contribution in [0, 0.1) is 15.9 Å². The van der Waals surface area contributed by atoms with E-state index in [1.54, 1.807) is 19.2 Å². The molecule has 0 aliphatic heterocycles. The number of nitrogens with one attached hydrogen (secondary N) is 2. The van der Waals surface area contributed by atoms with Crippen LogP contribution in [0.3, 0.4) is 0 Å². The van der Waals surface area contributed by atoms with E-state index >= 15 is 0 Å². The SMILES string of the molecule is CN=C(NCc1cccc([N+](=O)[O-])c1)NCc1cc(F)ccc1CS(C)(=O)=O.I. The molecule has 158 valence electrons. The molecule has 2 aromatic rings. The molecule has 0 bridgehead atoms. The summed E-state index contributed by atoms with van der Waals surface area (Å²) >= 11 is 0. The molecule has 0 amide bonds. The molecule has 0 radical (unpaired) electrons. The third kappa shape index (κ3) is 8.31. The van der Waals surface area contributed by atoms with Gasteiger partial charge in [0, 0.05) is 38.5 Å². The summed E-state index contributed by atoms with van der Waals surface area (Å²) in [5, 5.41) is 16.8. The highest BCUT2D eigenvalue weighted by Gasteiger charge is 2.11. The average Bonchev–Trinajstić information content (AvgIpc) is 2.63. The molecule has 0 atom stereocenters. The number of guanidine groups is 1. The van der Waals surface area contributed by atoms with E-state index in [0.717, 1.165) is 6.26 Å². The first kappa shape index (κ1) is 24.8. The maximum Gasteiger partial charge on any atom is 0.269 e. The van der Waals surface area contributed by atoms with Gasteiger partial charge in [-0.05, 0) is 28.8 Å². The second kappa shape index (κ2) is 11.0. The summed E-state index contributed by atoms with van der Waals surface area (Å²) in [6.07, 6.45) is 1.12. The number of halogens is 2. The van der Waals surface area contributed by atoms with Crippen molar-refractivity contribution in [2.24, 2.45) is 4.99 Å². The quantitative estimate of drug-likeness (QED) is 0.185. The molecular weight excluding hydrogens is 514 g/mol. The number of nitro benzene ring substituents is 1. The summed E-state index contributed by atoms with van der Waals surface area (Å²) in [5.41, 5.74) is 1.70. The van der Waals surface area contributed by atoms with Gasteiger partial charge >= 0.3 is 0 Å². The van der Waals surface area contributed by atoms with Gasteiger partial charge in [0.2, 0.25) is 0 Å². The first-order valence-corrected chi connectivity index (χ1v) is 10.4. The Balaban J connectivity index is 0.00000420. The third-order valence-corrected chi connectivity index (χ3v) is 4.67. The Labute approximate surface area is 185 Å². The number of sulfone groups is 1. The lowest BCUT2D eigenvalue weighted by Crippen LogP contribution is -2.36. The highest BCUT2D eigenvalue weighted by atomic mass is 127. The molecule has 0 saturated carbocycles. The van der Waals surface area contributed by atoms with Crippen molar-refractivity contribution in [1.82, 2.24) is 10.6 Å². The fraction of sp³-hybridized carbons (Fsp3) is 0.278. The van der Waals surface area contributed by atoms with Gasteiger partial charge in [0.25, 0.3) is 5.69 Å². The number of hydrogen-bond acceptors (Lipinski definition) is 5. The fourth-order valence-electron chi connectivity index (χ4n) is 2.55. The van der Waals surface area contributed by atoms with Crippen LogP contribution in [0.4, 0.5) is 10.1 Å². The van der Waals surface area contributed by atoms with Crippen molar-refractivity contribution < 1.29 is 17.7 Å². The molecule has 0 aliphatic rings. The molecule has 0 spiro atoms. The largest absolute Gasteiger partial charge is 0.352 e. The topological polar surface area (TPSA) is 114 Å². The molecule has 0 heterocycles. The summed E-state index contributed by atoms with van der Waals surface area (Å²) < 4.78 is 36.7. The summed E-state index contributed by atoms with van der Waals surface area (Å²) in [6.45, 7) is 0.456. The minimum absolute atomic E-state index is 0. The second-order valence-electron chi connectivity index (χ2n) is 6.19. The molecular formula is C18H22FIN4O4S. The van der Waals surface area contributed by atoms with Gasteiger partial charge in [0.1, 0.15) is 5.82 Å². The number of rotatable bonds is 7. The van der Waals surface area contributed by atoms with Gasteiger partial charge in [-0.25, -0.2) is 12.8 Å². The lowest BCUT2D eigenvalue weighted by Gasteiger charge is -2.14. The van der Waals surface area contributed by atoms with Crippen LogP contribution in [0.25, 0.3) is 0 Å². The zero-order valence-corrected chi connectivity index (χ0v) is 19.0. The maximum absolute atomic E-state index is 13.6. The summed E-state index contributed by atoms with van der Waals surface area (Å²) in [5.74, 6) is -0.265. The zero-order valence-electron chi connectivity index (χ0n) is 15.9. The number of aliphatic imine (C=N–C) groups is 1. The Bertz CT molecular complexity index is 999. The first-order valence-electron chi connectivity index (χ1n) is 8.31. The monoisotopic (exact) mass is 536 g/mol. The van der Waals surface area contributed by atoms with Crippen molar-refractivity contribution in [2.45, 2.75) is 18.8 Å². The molecule has 29 heavy (non-hydrogen) atoms. The maximum atomic E-state index is 13.6. The van der Waals surface area contributed by atoms with Gasteiger partial charge in [-0.3, -0.25) is 15.1 Å². The van der Waals surface area contributed by atoms with Gasteiger partial charge in [0.05, 0.1) is 10.7 Å². The summed E-state index contributed by atoms with van der Waals surface area (Å²) in [7, 11) is -1.72. The van der Waals surface area contributed by atoms with Crippen molar-refractivity contribution >= 4 is 45.5 Å². The van der Waals surface area contributed by atoms with Gasteiger partial charge in [-0.2, -0.15) is 0 Å². The molecule has 0 fully saturated rings. The van der Waals surface area contributed by atoms with E-state index in [0.29, 0.717) is 29.2 Å². The Hall–Kier alpha value is -2.28. The smallest absolute Gasteiger partial charge is 0.269 e. The Morgan fingerprint density at radius 1 is 1.14 bits per heavy atom. The lowest BCUT2D eigenvalue weighted by atomic mass is 10.1. The molecule has 0 unspecified atom stereocenters. The van der Waals surface area contributed by atoms with Gasteiger partial charge in [-0.15, -0.1) is 24.0 Å². The molecule has 0 saturated heterocycles. The highest BCUT2D eigenvalue weighted by molar-refractivity contribution is 14.0. The zero-order chi connectivity index (χ0) is 20.7. The Kier molecular flexibility index (Phi) is 9.43. The van der Waals surface area contributed by atoms with Crippen molar-refractivity contribution in [3.63, 3.8) is 0 Å². The predicted octanol–water partition coefficient (Wildman–Crippen LogP) is 2.76. The van der Waals surface area contributed by atoms with Crippen LogP contribution in [0.15, 0.2) is 47.5 Å². The van der Waals surface area contributed by atoms with Crippen molar-refractivity contribution in [1.29, 1.82) is 0 Å². The summed E-state index contributed by atoms with van der Waals surface area (Å²) in [4.78, 5) is 14.4. The molecule has 2 rings (SSSR count). The number of nitrogens with zero attached hydrogens (tertiary/aromatic N) is 2. The predicted molar refractivity (Wildman–Crippen MR) is 120 cm³/mol. The van der Waals surface area contributed by atoms with E-state index in [-0.39, 0.29) is 42.0 Å². The van der Waals surface area contributed by atoms with Crippen LogP contribution in [0.5, 0.6) is 0 Å². The number of hydrogen-bond donors (Lipinski definition) is 2. The molecule has 8 nitrogen and oxygen atoms in total. The Morgan fingerprint density at radius 2 is 1.83 bits per heavy atom. The Morgan fingerprint density at radius 3 is 2.45 bits per heavy atom. The average molecular weight is 536 g/mol. The number of benzene rings is 2. The standard InChI is InChI=1S/C18H21FN4O4S.HI/c1-20-18(21-10-13-4-3-5-17(8-13)23(24)25)22-11-15-9-16(19)7-6-14(15)12-28(2,26)27;/h3-9H,10-12H2,1-2H3,(H2,20,21,22);1H. The molecule has 0 aliphatic carbocycles. The van der Waals surface area contributed by atoms with Crippen LogP contribution in [-0.4, -0.2) is 32.6 Å². The van der Waals surface area contributed by atoms with Gasteiger partial charge in [0.15, 0.2) is 15.8 Å². The van der Waals surface area contributed by atoms with E-state index in [4.69, 9.17) is 0 Å². The van der Waals surface area contributed by atoms with Crippen LogP contribution in [0.2, 0.25) is 0 Å². The van der Waals surface area contributed by atoms with E-state index in [2.05, 4.69) is 15.6 Å². The highest BCUT2D eigenvalue weighted by Crippen LogP contribution is 2.15. The third-order valence-electron chi connectivity index (χ3n) is 3.84. The molecule has 2 N–H and O–H groups in total.